The van der Waals surface area contributed by atoms with E-state index in [0.717, 1.165) is 12.8 Å². The Kier molecular flexibility index (Phi) is 6.13. The molecule has 0 amide bonds. The highest BCUT2D eigenvalue weighted by atomic mass is 16.6. The van der Waals surface area contributed by atoms with Crippen LogP contribution in [0, 0.1) is 10.1 Å². The van der Waals surface area contributed by atoms with Crippen LogP contribution < -0.4 is 0 Å². The minimum absolute atomic E-state index is 0.00477. The standard InChI is InChI=1S/C6H10N2O3/c9-6-7-4-2-1-3-5-8(10)11/h1-5H2. The van der Waals surface area contributed by atoms with Crippen molar-refractivity contribution in [1.82, 2.24) is 0 Å². The molecule has 0 N–H and O–H groups in total. The molecular weight excluding hydrogens is 148 g/mol. The number of aliphatic imine (C=N–C) groups is 1. The maximum atomic E-state index is 9.81. The number of nitrogens with zero attached hydrogens (tertiary/aromatic N) is 2. The monoisotopic (exact) mass is 158 g/mol. The molecule has 5 nitrogen and oxygen atoms in total. The maximum absolute atomic E-state index is 9.81. The molecule has 5 heteroatoms. The van der Waals surface area contributed by atoms with E-state index >= 15 is 0 Å². The minimum Gasteiger partial charge on any atom is -0.265 e. The van der Waals surface area contributed by atoms with Crippen molar-refractivity contribution in [3.63, 3.8) is 0 Å². The van der Waals surface area contributed by atoms with E-state index < -0.39 is 0 Å². The van der Waals surface area contributed by atoms with E-state index in [-0.39, 0.29) is 11.5 Å². The van der Waals surface area contributed by atoms with Gasteiger partial charge >= 0.3 is 0 Å². The molecule has 0 bridgehead atoms. The third-order valence-corrected chi connectivity index (χ3v) is 1.18. The van der Waals surface area contributed by atoms with Crippen molar-refractivity contribution in [2.75, 3.05) is 13.1 Å². The number of unbranched alkanes of at least 4 members (excludes halogenated alkanes) is 2. The SMILES string of the molecule is O=C=NCCCCC[N+](=O)[O-]. The van der Waals surface area contributed by atoms with Crippen molar-refractivity contribution in [1.29, 1.82) is 0 Å². The van der Waals surface area contributed by atoms with Crippen molar-refractivity contribution in [2.45, 2.75) is 19.3 Å². The molecule has 0 saturated heterocycles. The molecule has 0 spiro atoms. The summed E-state index contributed by atoms with van der Waals surface area (Å²) in [7, 11) is 0. The fourth-order valence-electron chi connectivity index (χ4n) is 0.654. The lowest BCUT2D eigenvalue weighted by Crippen LogP contribution is -2.00. The molecular formula is C6H10N2O3. The zero-order valence-electron chi connectivity index (χ0n) is 6.15. The van der Waals surface area contributed by atoms with Gasteiger partial charge in [0.1, 0.15) is 0 Å². The second-order valence-corrected chi connectivity index (χ2v) is 2.09. The summed E-state index contributed by atoms with van der Waals surface area (Å²) in [5, 5.41) is 9.81. The van der Waals surface area contributed by atoms with E-state index in [0.29, 0.717) is 13.0 Å². The third kappa shape index (κ3) is 8.78. The molecule has 62 valence electrons. The largest absolute Gasteiger partial charge is 0.265 e. The smallest absolute Gasteiger partial charge is 0.234 e. The van der Waals surface area contributed by atoms with Gasteiger partial charge < -0.3 is 0 Å². The molecule has 0 atom stereocenters. The second-order valence-electron chi connectivity index (χ2n) is 2.09. The van der Waals surface area contributed by atoms with Gasteiger partial charge in [-0.3, -0.25) is 10.1 Å². The summed E-state index contributed by atoms with van der Waals surface area (Å²) >= 11 is 0. The van der Waals surface area contributed by atoms with Gasteiger partial charge in [-0.15, -0.1) is 0 Å². The summed E-state index contributed by atoms with van der Waals surface area (Å²) in [5.41, 5.74) is 0. The number of nitro groups is 1. The average molecular weight is 158 g/mol. The molecule has 0 radical (unpaired) electrons. The lowest BCUT2D eigenvalue weighted by Gasteiger charge is -1.91. The first kappa shape index (κ1) is 9.78. The Labute approximate surface area is 64.3 Å². The molecule has 11 heavy (non-hydrogen) atoms. The fourth-order valence-corrected chi connectivity index (χ4v) is 0.654. The van der Waals surface area contributed by atoms with E-state index in [1.807, 2.05) is 0 Å². The minimum atomic E-state index is -0.344. The molecule has 0 fully saturated rings. The van der Waals surface area contributed by atoms with Gasteiger partial charge in [0, 0.05) is 11.3 Å². The van der Waals surface area contributed by atoms with E-state index in [1.54, 1.807) is 0 Å². The molecule has 0 rings (SSSR count). The molecule has 0 aromatic carbocycles. The average Bonchev–Trinajstić information content (AvgIpc) is 1.96. The van der Waals surface area contributed by atoms with Crippen LogP contribution in [0.4, 0.5) is 0 Å². The molecule has 0 aromatic rings. The molecule has 0 unspecified atom stereocenters. The second kappa shape index (κ2) is 6.89. The van der Waals surface area contributed by atoms with E-state index in [2.05, 4.69) is 4.99 Å². The van der Waals surface area contributed by atoms with Crippen LogP contribution >= 0.6 is 0 Å². The van der Waals surface area contributed by atoms with Crippen LogP contribution in [0.1, 0.15) is 19.3 Å². The normalized spacial score (nSPS) is 8.73. The van der Waals surface area contributed by atoms with Crippen molar-refractivity contribution < 1.29 is 9.72 Å². The van der Waals surface area contributed by atoms with Gasteiger partial charge in [0.2, 0.25) is 12.6 Å². The molecule has 0 aliphatic carbocycles. The van der Waals surface area contributed by atoms with E-state index in [1.165, 1.54) is 6.08 Å². The van der Waals surface area contributed by atoms with Gasteiger partial charge in [-0.05, 0) is 12.8 Å². The summed E-state index contributed by atoms with van der Waals surface area (Å²) in [6.07, 6.45) is 3.43. The quantitative estimate of drug-likeness (QED) is 0.188. The van der Waals surface area contributed by atoms with Crippen molar-refractivity contribution in [2.24, 2.45) is 4.99 Å². The van der Waals surface area contributed by atoms with Crippen LogP contribution in [0.2, 0.25) is 0 Å². The third-order valence-electron chi connectivity index (χ3n) is 1.18. The van der Waals surface area contributed by atoms with E-state index in [9.17, 15) is 14.9 Å². The number of hydrogen-bond acceptors (Lipinski definition) is 4. The first-order valence-electron chi connectivity index (χ1n) is 3.43. The fraction of sp³-hybridized carbons (Fsp3) is 0.833. The highest BCUT2D eigenvalue weighted by molar-refractivity contribution is 5.32. The predicted molar refractivity (Wildman–Crippen MR) is 38.7 cm³/mol. The Hall–Kier alpha value is -1.22. The van der Waals surface area contributed by atoms with Crippen LogP contribution in [0.3, 0.4) is 0 Å². The topological polar surface area (TPSA) is 72.6 Å². The van der Waals surface area contributed by atoms with Gasteiger partial charge in [0.25, 0.3) is 0 Å². The lowest BCUT2D eigenvalue weighted by atomic mass is 10.2. The number of rotatable bonds is 6. The van der Waals surface area contributed by atoms with Crippen LogP contribution in [0.15, 0.2) is 4.99 Å². The molecule has 0 heterocycles. The molecule has 0 aliphatic heterocycles. The van der Waals surface area contributed by atoms with Crippen LogP contribution in [-0.4, -0.2) is 24.1 Å². The highest BCUT2D eigenvalue weighted by Gasteiger charge is 1.95. The summed E-state index contributed by atoms with van der Waals surface area (Å²) in [4.78, 5) is 22.3. The van der Waals surface area contributed by atoms with Gasteiger partial charge in [-0.1, -0.05) is 0 Å². The van der Waals surface area contributed by atoms with Crippen LogP contribution in [0.5, 0.6) is 0 Å². The zero-order valence-corrected chi connectivity index (χ0v) is 6.15. The van der Waals surface area contributed by atoms with Crippen LogP contribution in [0.25, 0.3) is 0 Å². The Morgan fingerprint density at radius 1 is 1.36 bits per heavy atom. The van der Waals surface area contributed by atoms with Crippen molar-refractivity contribution in [3.05, 3.63) is 10.1 Å². The predicted octanol–water partition coefficient (Wildman–Crippen LogP) is 0.769. The maximum Gasteiger partial charge on any atom is 0.234 e. The van der Waals surface area contributed by atoms with Gasteiger partial charge in [-0.25, -0.2) is 9.79 Å². The Balaban J connectivity index is 3.02. The van der Waals surface area contributed by atoms with Crippen molar-refractivity contribution in [3.8, 4) is 0 Å². The van der Waals surface area contributed by atoms with Gasteiger partial charge in [0.15, 0.2) is 0 Å². The number of carbonyl (C=O) groups excluding carboxylic acids is 1. The summed E-state index contributed by atoms with van der Waals surface area (Å²) in [5.74, 6) is 0. The summed E-state index contributed by atoms with van der Waals surface area (Å²) < 4.78 is 0. The van der Waals surface area contributed by atoms with Crippen molar-refractivity contribution >= 4 is 6.08 Å². The van der Waals surface area contributed by atoms with E-state index in [4.69, 9.17) is 0 Å². The molecule has 0 aromatic heterocycles. The molecule has 0 aliphatic rings. The van der Waals surface area contributed by atoms with Gasteiger partial charge in [0.05, 0.1) is 6.54 Å². The first-order chi connectivity index (χ1) is 5.27. The van der Waals surface area contributed by atoms with Crippen LogP contribution in [-0.2, 0) is 4.79 Å². The first-order valence-corrected chi connectivity index (χ1v) is 3.43. The zero-order chi connectivity index (χ0) is 8.53. The Morgan fingerprint density at radius 3 is 2.64 bits per heavy atom. The van der Waals surface area contributed by atoms with Gasteiger partial charge in [-0.2, -0.15) is 0 Å². The summed E-state index contributed by atoms with van der Waals surface area (Å²) in [6, 6.07) is 0. The number of isocyanates is 1. The molecule has 0 saturated carbocycles. The summed E-state index contributed by atoms with van der Waals surface area (Å²) in [6.45, 7) is 0.437. The number of hydrogen-bond donors (Lipinski definition) is 0. The Morgan fingerprint density at radius 2 is 2.09 bits per heavy atom. The lowest BCUT2D eigenvalue weighted by molar-refractivity contribution is -0.480. The highest BCUT2D eigenvalue weighted by Crippen LogP contribution is 1.94. The Bertz CT molecular complexity index is 159.